The van der Waals surface area contributed by atoms with Gasteiger partial charge in [-0.15, -0.1) is 0 Å². The van der Waals surface area contributed by atoms with Gasteiger partial charge < -0.3 is 60.2 Å². The molecule has 3 aromatic carbocycles. The van der Waals surface area contributed by atoms with Crippen LogP contribution in [0.1, 0.15) is 145 Å². The quantitative estimate of drug-likeness (QED) is 0.0409. The molecular weight excluding hydrogens is 963 g/mol. The lowest BCUT2D eigenvalue weighted by Gasteiger charge is -2.28. The number of ether oxygens (including phenoxy) is 5. The lowest BCUT2D eigenvalue weighted by Crippen LogP contribution is -2.59. The number of nitrogens with one attached hydrogen (secondary N) is 5. The molecule has 1 aliphatic carbocycles. The van der Waals surface area contributed by atoms with Crippen molar-refractivity contribution in [2.45, 2.75) is 182 Å². The molecule has 0 saturated heterocycles. The summed E-state index contributed by atoms with van der Waals surface area (Å²) in [6.45, 7) is 25.9. The Balaban J connectivity index is 0.00000224. The number of carboxylic acid groups (broad SMARTS) is 1. The smallest absolute Gasteiger partial charge is 0.407 e. The minimum absolute atomic E-state index is 0.000266. The maximum absolute atomic E-state index is 14.3. The summed E-state index contributed by atoms with van der Waals surface area (Å²) in [5.74, 6) is -3.61. The Morgan fingerprint density at radius 3 is 1.61 bits per heavy atom. The topological polar surface area (TPSA) is 246 Å². The Bertz CT molecular complexity index is 2260. The van der Waals surface area contributed by atoms with E-state index >= 15 is 0 Å². The molecule has 4 atom stereocenters. The van der Waals surface area contributed by atoms with E-state index in [0.29, 0.717) is 30.4 Å². The molecule has 0 spiro atoms. The highest BCUT2D eigenvalue weighted by Gasteiger charge is 2.34. The first-order valence-electron chi connectivity index (χ1n) is 25.6. The predicted molar refractivity (Wildman–Crippen MR) is 289 cm³/mol. The fourth-order valence-corrected chi connectivity index (χ4v) is 7.17. The fourth-order valence-electron chi connectivity index (χ4n) is 7.17. The van der Waals surface area contributed by atoms with Gasteiger partial charge >= 0.3 is 18.2 Å². The number of rotatable bonds is 22. The summed E-state index contributed by atoms with van der Waals surface area (Å²) in [7, 11) is 1.71. The van der Waals surface area contributed by atoms with Crippen molar-refractivity contribution in [3.05, 3.63) is 89.5 Å². The highest BCUT2D eigenvalue weighted by molar-refractivity contribution is 5.95. The van der Waals surface area contributed by atoms with Crippen LogP contribution in [0.2, 0.25) is 0 Å². The average molecular weight is 1050 g/mol. The first-order valence-corrected chi connectivity index (χ1v) is 25.6. The summed E-state index contributed by atoms with van der Waals surface area (Å²) in [4.78, 5) is 91.6. The highest BCUT2D eigenvalue weighted by Crippen LogP contribution is 2.44. The molecule has 0 heterocycles. The van der Waals surface area contributed by atoms with E-state index in [-0.39, 0.29) is 44.1 Å². The maximum Gasteiger partial charge on any atom is 0.407 e. The third kappa shape index (κ3) is 24.6. The van der Waals surface area contributed by atoms with E-state index in [0.717, 1.165) is 22.3 Å². The molecule has 3 aromatic rings. The number of carbonyl (C=O) groups excluding carboxylic acids is 6. The number of methoxy groups -OCH3 is 1. The minimum atomic E-state index is -1.45. The van der Waals surface area contributed by atoms with Crippen molar-refractivity contribution in [1.82, 2.24) is 26.6 Å². The molecule has 0 aliphatic heterocycles. The van der Waals surface area contributed by atoms with Crippen LogP contribution in [0, 0.1) is 0 Å². The van der Waals surface area contributed by atoms with Crippen molar-refractivity contribution in [2.75, 3.05) is 26.9 Å². The average Bonchev–Trinajstić information content (AvgIpc) is 3.64. The van der Waals surface area contributed by atoms with Crippen molar-refractivity contribution < 1.29 is 62.4 Å². The number of fused-ring (bicyclic) bond motifs is 3. The van der Waals surface area contributed by atoms with Gasteiger partial charge in [-0.25, -0.2) is 14.4 Å². The number of benzene rings is 3. The van der Waals surface area contributed by atoms with Gasteiger partial charge in [0, 0.05) is 32.4 Å². The van der Waals surface area contributed by atoms with Gasteiger partial charge in [-0.2, -0.15) is 0 Å². The number of carbonyl (C=O) groups is 7. The number of alkyl carbamates (subject to hydrolysis) is 2. The van der Waals surface area contributed by atoms with Gasteiger partial charge in [0.15, 0.2) is 0 Å². The number of unbranched alkanes of at least 4 members (excludes halogenated alkanes) is 1. The van der Waals surface area contributed by atoms with E-state index < -0.39 is 83.3 Å². The Morgan fingerprint density at radius 2 is 1.12 bits per heavy atom. The molecule has 4 unspecified atom stereocenters. The van der Waals surface area contributed by atoms with Crippen molar-refractivity contribution in [3.8, 4) is 16.9 Å². The van der Waals surface area contributed by atoms with Crippen LogP contribution in [0.5, 0.6) is 5.75 Å². The first kappa shape index (κ1) is 64.6. The summed E-state index contributed by atoms with van der Waals surface area (Å²) < 4.78 is 27.6. The Morgan fingerprint density at radius 1 is 0.613 bits per heavy atom. The molecule has 4 rings (SSSR count). The molecule has 5 amide bonds. The summed E-state index contributed by atoms with van der Waals surface area (Å²) in [6, 6.07) is 16.8. The van der Waals surface area contributed by atoms with Gasteiger partial charge in [-0.1, -0.05) is 74.5 Å². The van der Waals surface area contributed by atoms with E-state index in [2.05, 4.69) is 26.6 Å². The third-order valence-electron chi connectivity index (χ3n) is 10.8. The van der Waals surface area contributed by atoms with Gasteiger partial charge in [0.25, 0.3) is 0 Å². The first-order chi connectivity index (χ1) is 35.0. The number of aliphatic carboxylic acids is 1. The minimum Gasteiger partial charge on any atom is -0.488 e. The number of amides is 5. The highest BCUT2D eigenvalue weighted by atomic mass is 16.6. The fraction of sp³-hybridized carbons (Fsp3) is 0.561. The standard InChI is InChI=1S/C50H67N5O12.C5H12O.C2H6/c1-48(2,3)65-30-41(44(59)52-39(45(60)61)20-14-15-26-51-46(62)67-50(7,8)9)54-43(58)40(28-31-21-23-32(24-22-31)66-49(4,5)6)53-42(57)38(25-27-56)55-47(63)64-29-37-35-18-12-10-16-33(35)34-17-11-13-19-36(34)37;1-5(2,3)6-4;1-2/h10-13,16-19,21-24,27,37-41H,14-15,20,25-26,28-30H2,1-9H3,(H,51,62)(H,52,59)(H,53,57)(H,54,58)(H,55,63)(H,60,61);1-4H3;1-2H3. The summed E-state index contributed by atoms with van der Waals surface area (Å²) >= 11 is 0. The lowest BCUT2D eigenvalue weighted by molar-refractivity contribution is -0.143. The molecule has 416 valence electrons. The summed E-state index contributed by atoms with van der Waals surface area (Å²) in [5, 5.41) is 22.9. The van der Waals surface area contributed by atoms with E-state index in [4.69, 9.17) is 23.7 Å². The summed E-state index contributed by atoms with van der Waals surface area (Å²) in [5.41, 5.74) is 2.67. The molecule has 6 N–H and O–H groups in total. The zero-order chi connectivity index (χ0) is 56.7. The van der Waals surface area contributed by atoms with Crippen LogP contribution in [0.4, 0.5) is 9.59 Å². The van der Waals surface area contributed by atoms with E-state index in [1.54, 1.807) is 72.9 Å². The second-order valence-electron chi connectivity index (χ2n) is 21.7. The van der Waals surface area contributed by atoms with Crippen LogP contribution >= 0.6 is 0 Å². The van der Waals surface area contributed by atoms with Crippen molar-refractivity contribution in [2.24, 2.45) is 0 Å². The van der Waals surface area contributed by atoms with E-state index in [9.17, 15) is 38.7 Å². The van der Waals surface area contributed by atoms with Gasteiger partial charge in [-0.3, -0.25) is 14.4 Å². The van der Waals surface area contributed by atoms with Crippen LogP contribution in [0.15, 0.2) is 72.8 Å². The van der Waals surface area contributed by atoms with Crippen molar-refractivity contribution in [1.29, 1.82) is 0 Å². The molecule has 0 fully saturated rings. The molecule has 18 nitrogen and oxygen atoms in total. The van der Waals surface area contributed by atoms with Gasteiger partial charge in [-0.05, 0) is 142 Å². The predicted octanol–water partition coefficient (Wildman–Crippen LogP) is 8.41. The van der Waals surface area contributed by atoms with Crippen LogP contribution < -0.4 is 31.3 Å². The normalized spacial score (nSPS) is 13.7. The Hall–Kier alpha value is -6.53. The van der Waals surface area contributed by atoms with Crippen LogP contribution in [-0.2, 0) is 49.3 Å². The SMILES string of the molecule is CC.CC(C)(C)OCC(NC(=O)C(Cc1ccc(OC(C)(C)C)cc1)NC(=O)C(CC=O)NC(=O)OCC1c2ccccc2-c2ccccc21)C(=O)NC(CCCCNC(=O)OC(C)(C)C)C(=O)O.COC(C)(C)C. The van der Waals surface area contributed by atoms with E-state index in [1.165, 1.54) is 0 Å². The maximum atomic E-state index is 14.3. The summed E-state index contributed by atoms with van der Waals surface area (Å²) in [6.07, 6.45) is -0.988. The second-order valence-corrected chi connectivity index (χ2v) is 21.7. The van der Waals surface area contributed by atoms with Gasteiger partial charge in [0.05, 0.1) is 17.8 Å². The van der Waals surface area contributed by atoms with Crippen molar-refractivity contribution >= 4 is 42.2 Å². The molecule has 0 bridgehead atoms. The zero-order valence-corrected chi connectivity index (χ0v) is 46.9. The Kier molecular flexibility index (Phi) is 25.9. The molecule has 18 heteroatoms. The number of aldehydes is 1. The van der Waals surface area contributed by atoms with Crippen LogP contribution in [0.25, 0.3) is 11.1 Å². The molecule has 1 aliphatic rings. The zero-order valence-electron chi connectivity index (χ0n) is 46.9. The second kappa shape index (κ2) is 30.1. The molecule has 75 heavy (non-hydrogen) atoms. The number of carboxylic acids is 1. The van der Waals surface area contributed by atoms with Gasteiger partial charge in [0.2, 0.25) is 17.7 Å². The van der Waals surface area contributed by atoms with Crippen LogP contribution in [0.3, 0.4) is 0 Å². The van der Waals surface area contributed by atoms with Crippen LogP contribution in [-0.4, -0.2) is 121 Å². The number of hydrogen-bond donors (Lipinski definition) is 6. The van der Waals surface area contributed by atoms with Crippen molar-refractivity contribution in [3.63, 3.8) is 0 Å². The Labute approximate surface area is 444 Å². The largest absolute Gasteiger partial charge is 0.488 e. The molecular formula is C57H85N5O13. The van der Waals surface area contributed by atoms with E-state index in [1.807, 2.05) is 104 Å². The third-order valence-corrected chi connectivity index (χ3v) is 10.8. The lowest BCUT2D eigenvalue weighted by atomic mass is 9.98. The molecule has 0 radical (unpaired) electrons. The molecule has 0 saturated carbocycles. The monoisotopic (exact) mass is 1050 g/mol. The van der Waals surface area contributed by atoms with Gasteiger partial charge in [0.1, 0.15) is 54.0 Å². The molecule has 0 aromatic heterocycles. The number of hydrogen-bond acceptors (Lipinski definition) is 12.